The molecule has 2 N–H and O–H groups in total. The van der Waals surface area contributed by atoms with Gasteiger partial charge in [-0.15, -0.1) is 0 Å². The molecular weight excluding hydrogens is 254 g/mol. The van der Waals surface area contributed by atoms with Crippen molar-refractivity contribution in [3.8, 4) is 0 Å². The van der Waals surface area contributed by atoms with Crippen LogP contribution in [0.4, 0.5) is 5.69 Å². The van der Waals surface area contributed by atoms with Crippen molar-refractivity contribution in [2.24, 2.45) is 5.73 Å². The molecule has 2 fully saturated rings. The summed E-state index contributed by atoms with van der Waals surface area (Å²) in [4.78, 5) is 16.2. The van der Waals surface area contributed by atoms with Crippen LogP contribution < -0.4 is 10.6 Å². The van der Waals surface area contributed by atoms with E-state index in [-0.39, 0.29) is 11.9 Å². The van der Waals surface area contributed by atoms with Gasteiger partial charge in [-0.1, -0.05) is 18.2 Å². The lowest BCUT2D eigenvalue weighted by atomic mass is 10.1. The van der Waals surface area contributed by atoms with Crippen LogP contribution in [0.5, 0.6) is 0 Å². The van der Waals surface area contributed by atoms with E-state index in [1.807, 2.05) is 23.1 Å². The number of benzene rings is 1. The second-order valence-electron chi connectivity index (χ2n) is 5.49. The lowest BCUT2D eigenvalue weighted by Crippen LogP contribution is -2.36. The summed E-state index contributed by atoms with van der Waals surface area (Å²) in [7, 11) is 0. The summed E-state index contributed by atoms with van der Waals surface area (Å²) in [5, 5.41) is 0. The van der Waals surface area contributed by atoms with Gasteiger partial charge in [-0.25, -0.2) is 0 Å². The smallest absolute Gasteiger partial charge is 0.228 e. The molecule has 0 radical (unpaired) electrons. The van der Waals surface area contributed by atoms with E-state index in [2.05, 4.69) is 11.0 Å². The van der Waals surface area contributed by atoms with E-state index in [0.717, 1.165) is 38.5 Å². The van der Waals surface area contributed by atoms with Gasteiger partial charge in [0.15, 0.2) is 0 Å². The second-order valence-corrected chi connectivity index (χ2v) is 5.49. The molecule has 0 aromatic heterocycles. The zero-order valence-corrected chi connectivity index (χ0v) is 11.6. The zero-order chi connectivity index (χ0) is 13.9. The molecule has 3 rings (SSSR count). The first kappa shape index (κ1) is 13.5. The van der Waals surface area contributed by atoms with Crippen molar-refractivity contribution >= 4 is 11.6 Å². The summed E-state index contributed by atoms with van der Waals surface area (Å²) in [6.07, 6.45) is 0.450. The van der Waals surface area contributed by atoms with Gasteiger partial charge in [0.2, 0.25) is 5.91 Å². The van der Waals surface area contributed by atoms with E-state index >= 15 is 0 Å². The van der Waals surface area contributed by atoms with Gasteiger partial charge in [0.1, 0.15) is 0 Å². The van der Waals surface area contributed by atoms with Crippen molar-refractivity contribution in [1.82, 2.24) is 4.90 Å². The van der Waals surface area contributed by atoms with Gasteiger partial charge >= 0.3 is 0 Å². The standard InChI is InChI=1S/C15H21N3O2/c16-13-9-15(19)18(11-13)14-4-2-1-3-12(14)10-17-5-7-20-8-6-17/h1-4,13H,5-11,16H2. The molecule has 5 nitrogen and oxygen atoms in total. The van der Waals surface area contributed by atoms with E-state index in [1.165, 1.54) is 5.56 Å². The van der Waals surface area contributed by atoms with Crippen molar-refractivity contribution in [2.45, 2.75) is 19.0 Å². The summed E-state index contributed by atoms with van der Waals surface area (Å²) in [5.41, 5.74) is 8.10. The molecule has 2 saturated heterocycles. The number of nitrogens with two attached hydrogens (primary N) is 1. The van der Waals surface area contributed by atoms with Crippen LogP contribution in [0.2, 0.25) is 0 Å². The number of para-hydroxylation sites is 1. The van der Waals surface area contributed by atoms with Gasteiger partial charge < -0.3 is 15.4 Å². The Hall–Kier alpha value is -1.43. The number of anilines is 1. The second kappa shape index (κ2) is 5.91. The van der Waals surface area contributed by atoms with Gasteiger partial charge in [-0.2, -0.15) is 0 Å². The maximum Gasteiger partial charge on any atom is 0.228 e. The molecule has 2 aliphatic heterocycles. The Labute approximate surface area is 119 Å². The fourth-order valence-electron chi connectivity index (χ4n) is 2.88. The van der Waals surface area contributed by atoms with Crippen molar-refractivity contribution in [2.75, 3.05) is 37.7 Å². The Bertz CT molecular complexity index is 486. The normalized spacial score (nSPS) is 24.4. The highest BCUT2D eigenvalue weighted by Crippen LogP contribution is 2.26. The largest absolute Gasteiger partial charge is 0.379 e. The van der Waals surface area contributed by atoms with E-state index in [1.54, 1.807) is 0 Å². The minimum atomic E-state index is -0.0426. The molecule has 1 aromatic carbocycles. The van der Waals surface area contributed by atoms with Crippen LogP contribution in [-0.4, -0.2) is 49.7 Å². The highest BCUT2D eigenvalue weighted by Gasteiger charge is 2.29. The van der Waals surface area contributed by atoms with Crippen LogP contribution in [0, 0.1) is 0 Å². The Morgan fingerprint density at radius 3 is 2.70 bits per heavy atom. The van der Waals surface area contributed by atoms with Crippen LogP contribution >= 0.6 is 0 Å². The third kappa shape index (κ3) is 2.85. The molecule has 5 heteroatoms. The minimum absolute atomic E-state index is 0.0426. The minimum Gasteiger partial charge on any atom is -0.379 e. The molecule has 0 bridgehead atoms. The number of hydrogen-bond donors (Lipinski definition) is 1. The predicted octanol–water partition coefficient (Wildman–Crippen LogP) is 0.583. The van der Waals surface area contributed by atoms with Crippen molar-refractivity contribution < 1.29 is 9.53 Å². The number of nitrogens with zero attached hydrogens (tertiary/aromatic N) is 2. The van der Waals surface area contributed by atoms with E-state index < -0.39 is 0 Å². The van der Waals surface area contributed by atoms with E-state index in [0.29, 0.717) is 13.0 Å². The molecule has 1 unspecified atom stereocenters. The first-order valence-electron chi connectivity index (χ1n) is 7.18. The van der Waals surface area contributed by atoms with Crippen LogP contribution in [0.25, 0.3) is 0 Å². The fourth-order valence-corrected chi connectivity index (χ4v) is 2.88. The van der Waals surface area contributed by atoms with Crippen molar-refractivity contribution in [3.05, 3.63) is 29.8 Å². The van der Waals surface area contributed by atoms with Gasteiger partial charge in [-0.3, -0.25) is 9.69 Å². The first-order chi connectivity index (χ1) is 9.74. The molecule has 1 amide bonds. The molecule has 0 saturated carbocycles. The van der Waals surface area contributed by atoms with Gasteiger partial charge in [0, 0.05) is 44.3 Å². The lowest BCUT2D eigenvalue weighted by Gasteiger charge is -2.28. The summed E-state index contributed by atoms with van der Waals surface area (Å²) in [5.74, 6) is 0.131. The average Bonchev–Trinajstić information content (AvgIpc) is 2.79. The van der Waals surface area contributed by atoms with Gasteiger partial charge in [0.25, 0.3) is 0 Å². The molecule has 1 aromatic rings. The quantitative estimate of drug-likeness (QED) is 0.877. The third-order valence-corrected chi connectivity index (χ3v) is 3.94. The Morgan fingerprint density at radius 1 is 1.25 bits per heavy atom. The van der Waals surface area contributed by atoms with Crippen molar-refractivity contribution in [3.63, 3.8) is 0 Å². The number of amides is 1. The van der Waals surface area contributed by atoms with Crippen LogP contribution in [-0.2, 0) is 16.1 Å². The highest BCUT2D eigenvalue weighted by molar-refractivity contribution is 5.96. The van der Waals surface area contributed by atoms with Crippen LogP contribution in [0.1, 0.15) is 12.0 Å². The highest BCUT2D eigenvalue weighted by atomic mass is 16.5. The maximum absolute atomic E-state index is 12.0. The van der Waals surface area contributed by atoms with E-state index in [9.17, 15) is 4.79 Å². The van der Waals surface area contributed by atoms with Gasteiger partial charge in [-0.05, 0) is 11.6 Å². The Kier molecular flexibility index (Phi) is 4.00. The Morgan fingerprint density at radius 2 is 2.00 bits per heavy atom. The number of carbonyl (C=O) groups excluding carboxylic acids is 1. The predicted molar refractivity (Wildman–Crippen MR) is 77.5 cm³/mol. The summed E-state index contributed by atoms with van der Waals surface area (Å²) >= 11 is 0. The summed E-state index contributed by atoms with van der Waals surface area (Å²) < 4.78 is 5.38. The number of morpholine rings is 1. The lowest BCUT2D eigenvalue weighted by molar-refractivity contribution is -0.117. The monoisotopic (exact) mass is 275 g/mol. The van der Waals surface area contributed by atoms with Crippen molar-refractivity contribution in [1.29, 1.82) is 0 Å². The molecule has 0 spiro atoms. The number of ether oxygens (including phenoxy) is 1. The maximum atomic E-state index is 12.0. The molecule has 1 atom stereocenters. The SMILES string of the molecule is NC1CC(=O)N(c2ccccc2CN2CCOCC2)C1. The summed E-state index contributed by atoms with van der Waals surface area (Å²) in [6, 6.07) is 8.09. The molecule has 2 aliphatic rings. The zero-order valence-electron chi connectivity index (χ0n) is 11.6. The molecule has 2 heterocycles. The van der Waals surface area contributed by atoms with Gasteiger partial charge in [0.05, 0.1) is 13.2 Å². The number of hydrogen-bond acceptors (Lipinski definition) is 4. The number of rotatable bonds is 3. The first-order valence-corrected chi connectivity index (χ1v) is 7.18. The molecule has 108 valence electrons. The van der Waals surface area contributed by atoms with Crippen LogP contribution in [0.15, 0.2) is 24.3 Å². The average molecular weight is 275 g/mol. The van der Waals surface area contributed by atoms with Crippen LogP contribution in [0.3, 0.4) is 0 Å². The third-order valence-electron chi connectivity index (χ3n) is 3.94. The molecule has 20 heavy (non-hydrogen) atoms. The fraction of sp³-hybridized carbons (Fsp3) is 0.533. The molecule has 0 aliphatic carbocycles. The number of carbonyl (C=O) groups is 1. The Balaban J connectivity index is 1.79. The molecular formula is C15H21N3O2. The topological polar surface area (TPSA) is 58.8 Å². The van der Waals surface area contributed by atoms with E-state index in [4.69, 9.17) is 10.5 Å². The summed E-state index contributed by atoms with van der Waals surface area (Å²) in [6.45, 7) is 4.95.